The zero-order valence-electron chi connectivity index (χ0n) is 13.3. The monoisotopic (exact) mass is 274 g/mol. The van der Waals surface area contributed by atoms with Gasteiger partial charge in [-0.25, -0.2) is 0 Å². The van der Waals surface area contributed by atoms with Crippen LogP contribution in [0.2, 0.25) is 0 Å². The molecule has 0 saturated heterocycles. The maximum Gasteiger partial charge on any atom is 0.134 e. The molecular weight excluding hydrogens is 248 g/mol. The van der Waals surface area contributed by atoms with Crippen molar-refractivity contribution in [3.05, 3.63) is 29.3 Å². The molecule has 0 saturated carbocycles. The maximum absolute atomic E-state index is 5.44. The molecule has 0 spiro atoms. The summed E-state index contributed by atoms with van der Waals surface area (Å²) in [6, 6.07) is 6.15. The smallest absolute Gasteiger partial charge is 0.134 e. The number of hydrogen-bond acceptors (Lipinski definition) is 3. The first kappa shape index (κ1) is 16.6. The Hall–Kier alpha value is -1.50. The van der Waals surface area contributed by atoms with Crippen LogP contribution in [0.3, 0.4) is 0 Å². The van der Waals surface area contributed by atoms with E-state index < -0.39 is 0 Å². The van der Waals surface area contributed by atoms with Gasteiger partial charge < -0.3 is 10.5 Å². The quantitative estimate of drug-likeness (QED) is 0.839. The highest BCUT2D eigenvalue weighted by atomic mass is 16.5. The first-order valence-corrected chi connectivity index (χ1v) is 7.01. The summed E-state index contributed by atoms with van der Waals surface area (Å²) in [6.07, 6.45) is 1.11. The van der Waals surface area contributed by atoms with Gasteiger partial charge in [-0.15, -0.1) is 0 Å². The first-order valence-electron chi connectivity index (χ1n) is 7.01. The van der Waals surface area contributed by atoms with Gasteiger partial charge in [0.05, 0.1) is 19.2 Å². The summed E-state index contributed by atoms with van der Waals surface area (Å²) in [5, 5.41) is 0. The molecule has 1 aromatic rings. The SMILES string of the molecule is CCC(C)(C)N(C)Cc1ccc(OC)c(C#CCN)c1. The third-order valence-electron chi connectivity index (χ3n) is 3.91. The lowest BCUT2D eigenvalue weighted by molar-refractivity contribution is 0.143. The fourth-order valence-electron chi connectivity index (χ4n) is 1.86. The van der Waals surface area contributed by atoms with Crippen LogP contribution in [0.4, 0.5) is 0 Å². The summed E-state index contributed by atoms with van der Waals surface area (Å²) in [5.41, 5.74) is 7.76. The second-order valence-electron chi connectivity index (χ2n) is 5.56. The van der Waals surface area contributed by atoms with Crippen LogP contribution in [0.1, 0.15) is 38.3 Å². The van der Waals surface area contributed by atoms with E-state index in [1.54, 1.807) is 7.11 Å². The van der Waals surface area contributed by atoms with Crippen molar-refractivity contribution in [2.45, 2.75) is 39.3 Å². The number of benzene rings is 1. The number of nitrogens with zero attached hydrogens (tertiary/aromatic N) is 1. The third kappa shape index (κ3) is 4.26. The molecule has 3 nitrogen and oxygen atoms in total. The Balaban J connectivity index is 2.97. The van der Waals surface area contributed by atoms with Crippen LogP contribution in [0.15, 0.2) is 18.2 Å². The van der Waals surface area contributed by atoms with Gasteiger partial charge in [-0.3, -0.25) is 4.90 Å². The maximum atomic E-state index is 5.44. The van der Waals surface area contributed by atoms with Crippen LogP contribution in [0, 0.1) is 11.8 Å². The molecular formula is C17H26N2O. The van der Waals surface area contributed by atoms with E-state index in [0.717, 1.165) is 24.3 Å². The minimum atomic E-state index is 0.184. The minimum Gasteiger partial charge on any atom is -0.495 e. The molecule has 0 atom stereocenters. The molecule has 0 fully saturated rings. The summed E-state index contributed by atoms with van der Waals surface area (Å²) in [7, 11) is 3.81. The van der Waals surface area contributed by atoms with Crippen molar-refractivity contribution >= 4 is 0 Å². The molecule has 0 aliphatic carbocycles. The summed E-state index contributed by atoms with van der Waals surface area (Å²) in [4.78, 5) is 2.36. The lowest BCUT2D eigenvalue weighted by Crippen LogP contribution is -2.39. The first-order chi connectivity index (χ1) is 9.44. The Bertz CT molecular complexity index is 497. The van der Waals surface area contributed by atoms with Gasteiger partial charge in [0.2, 0.25) is 0 Å². The van der Waals surface area contributed by atoms with E-state index in [9.17, 15) is 0 Å². The van der Waals surface area contributed by atoms with Crippen molar-refractivity contribution in [1.29, 1.82) is 0 Å². The van der Waals surface area contributed by atoms with E-state index in [-0.39, 0.29) is 5.54 Å². The van der Waals surface area contributed by atoms with Crippen molar-refractivity contribution in [2.24, 2.45) is 5.73 Å². The van der Waals surface area contributed by atoms with E-state index in [1.807, 2.05) is 6.07 Å². The lowest BCUT2D eigenvalue weighted by atomic mass is 9.99. The standard InChI is InChI=1S/C17H26N2O/c1-6-17(2,3)19(4)13-14-9-10-16(20-5)15(12-14)8-7-11-18/h9-10,12H,6,11,13,18H2,1-5H3. The largest absolute Gasteiger partial charge is 0.495 e. The average Bonchev–Trinajstić information content (AvgIpc) is 2.45. The topological polar surface area (TPSA) is 38.5 Å². The van der Waals surface area contributed by atoms with E-state index in [2.05, 4.69) is 56.7 Å². The van der Waals surface area contributed by atoms with Crippen LogP contribution in [0.5, 0.6) is 5.75 Å². The molecule has 0 heterocycles. The van der Waals surface area contributed by atoms with Crippen LogP contribution < -0.4 is 10.5 Å². The van der Waals surface area contributed by atoms with Gasteiger partial charge in [0.15, 0.2) is 0 Å². The molecule has 0 aliphatic rings. The molecule has 0 aliphatic heterocycles. The van der Waals surface area contributed by atoms with Crippen LogP contribution >= 0.6 is 0 Å². The lowest BCUT2D eigenvalue weighted by Gasteiger charge is -2.35. The van der Waals surface area contributed by atoms with Crippen LogP contribution in [-0.4, -0.2) is 31.1 Å². The second kappa shape index (κ2) is 7.33. The Morgan fingerprint density at radius 3 is 2.60 bits per heavy atom. The van der Waals surface area contributed by atoms with Crippen molar-refractivity contribution < 1.29 is 4.74 Å². The highest BCUT2D eigenvalue weighted by Crippen LogP contribution is 2.23. The van der Waals surface area contributed by atoms with Gasteiger partial charge in [-0.1, -0.05) is 24.8 Å². The molecule has 20 heavy (non-hydrogen) atoms. The molecule has 0 radical (unpaired) electrons. The number of hydrogen-bond donors (Lipinski definition) is 1. The molecule has 2 N–H and O–H groups in total. The van der Waals surface area contributed by atoms with E-state index in [4.69, 9.17) is 10.5 Å². The molecule has 0 bridgehead atoms. The van der Waals surface area contributed by atoms with Crippen LogP contribution in [0.25, 0.3) is 0 Å². The summed E-state index contributed by atoms with van der Waals surface area (Å²) in [6.45, 7) is 7.97. The van der Waals surface area contributed by atoms with Gasteiger partial charge in [-0.05, 0) is 45.0 Å². The van der Waals surface area contributed by atoms with Crippen molar-refractivity contribution in [2.75, 3.05) is 20.7 Å². The normalized spacial score (nSPS) is 11.2. The van der Waals surface area contributed by atoms with Gasteiger partial charge >= 0.3 is 0 Å². The number of nitrogens with two attached hydrogens (primary N) is 1. The Labute approximate surface area is 123 Å². The fraction of sp³-hybridized carbons (Fsp3) is 0.529. The summed E-state index contributed by atoms with van der Waals surface area (Å²) < 4.78 is 5.33. The van der Waals surface area contributed by atoms with Gasteiger partial charge in [0.1, 0.15) is 5.75 Å². The van der Waals surface area contributed by atoms with Crippen molar-refractivity contribution in [3.63, 3.8) is 0 Å². The van der Waals surface area contributed by atoms with Gasteiger partial charge in [0.25, 0.3) is 0 Å². The Morgan fingerprint density at radius 1 is 1.35 bits per heavy atom. The highest BCUT2D eigenvalue weighted by molar-refractivity contribution is 5.48. The summed E-state index contributed by atoms with van der Waals surface area (Å²) in [5.74, 6) is 6.76. The van der Waals surface area contributed by atoms with Gasteiger partial charge in [-0.2, -0.15) is 0 Å². The molecule has 3 heteroatoms. The predicted molar refractivity (Wildman–Crippen MR) is 84.8 cm³/mol. The number of rotatable bonds is 5. The Kier molecular flexibility index (Phi) is 6.06. The number of methoxy groups -OCH3 is 1. The summed E-state index contributed by atoms with van der Waals surface area (Å²) >= 11 is 0. The molecule has 0 aromatic heterocycles. The highest BCUT2D eigenvalue weighted by Gasteiger charge is 2.21. The molecule has 0 unspecified atom stereocenters. The van der Waals surface area contributed by atoms with Crippen molar-refractivity contribution in [3.8, 4) is 17.6 Å². The molecule has 1 rings (SSSR count). The average molecular weight is 274 g/mol. The van der Waals surface area contributed by atoms with Crippen LogP contribution in [-0.2, 0) is 6.54 Å². The zero-order valence-corrected chi connectivity index (χ0v) is 13.3. The predicted octanol–water partition coefficient (Wildman–Crippen LogP) is 2.63. The molecule has 0 amide bonds. The molecule has 1 aromatic carbocycles. The zero-order chi connectivity index (χ0) is 15.2. The fourth-order valence-corrected chi connectivity index (χ4v) is 1.86. The van der Waals surface area contributed by atoms with E-state index >= 15 is 0 Å². The van der Waals surface area contributed by atoms with E-state index in [0.29, 0.717) is 6.54 Å². The Morgan fingerprint density at radius 2 is 2.05 bits per heavy atom. The second-order valence-corrected chi connectivity index (χ2v) is 5.56. The minimum absolute atomic E-state index is 0.184. The number of ether oxygens (including phenoxy) is 1. The van der Waals surface area contributed by atoms with Crippen molar-refractivity contribution in [1.82, 2.24) is 4.90 Å². The van der Waals surface area contributed by atoms with E-state index in [1.165, 1.54) is 5.56 Å². The molecule has 110 valence electrons. The van der Waals surface area contributed by atoms with Gasteiger partial charge in [0, 0.05) is 12.1 Å². The third-order valence-corrected chi connectivity index (χ3v) is 3.91.